The minimum atomic E-state index is -1.07. The summed E-state index contributed by atoms with van der Waals surface area (Å²) in [6.07, 6.45) is 0. The highest BCUT2D eigenvalue weighted by Crippen LogP contribution is 2.22. The fourth-order valence-electron chi connectivity index (χ4n) is 1.72. The predicted octanol–water partition coefficient (Wildman–Crippen LogP) is 1.63. The third-order valence-corrected chi connectivity index (χ3v) is 2.70. The largest absolute Gasteiger partial charge is 0.478 e. The maximum atomic E-state index is 11.1. The molecular formula is C10H5ClN4O2. The van der Waals surface area contributed by atoms with Gasteiger partial charge in [-0.15, -0.1) is 5.10 Å². The number of fused-ring (bicyclic) bond motifs is 3. The molecule has 0 radical (unpaired) electrons. The second-order valence-electron chi connectivity index (χ2n) is 3.48. The standard InChI is InChI=1S/C10H5ClN4O2/c11-6-2-1-5-3-7(10(16)17)9-12-13-14-15(9)8(5)4-6/h1-4H,(H,16,17). The second-order valence-corrected chi connectivity index (χ2v) is 3.92. The lowest BCUT2D eigenvalue weighted by molar-refractivity contribution is 0.0698. The van der Waals surface area contributed by atoms with Crippen molar-refractivity contribution in [2.75, 3.05) is 0 Å². The van der Waals surface area contributed by atoms with E-state index >= 15 is 0 Å². The van der Waals surface area contributed by atoms with Crippen molar-refractivity contribution in [3.05, 3.63) is 34.9 Å². The molecule has 0 saturated carbocycles. The monoisotopic (exact) mass is 248 g/mol. The number of tetrazole rings is 1. The fraction of sp³-hybridized carbons (Fsp3) is 0. The first kappa shape index (κ1) is 9.98. The van der Waals surface area contributed by atoms with Crippen molar-refractivity contribution in [3.63, 3.8) is 0 Å². The molecule has 2 aromatic heterocycles. The van der Waals surface area contributed by atoms with E-state index in [1.54, 1.807) is 18.2 Å². The summed E-state index contributed by atoms with van der Waals surface area (Å²) in [5, 5.41) is 21.3. The third kappa shape index (κ3) is 1.42. The number of nitrogens with zero attached hydrogens (tertiary/aromatic N) is 4. The van der Waals surface area contributed by atoms with Gasteiger partial charge in [-0.05, 0) is 28.6 Å². The molecule has 2 heterocycles. The van der Waals surface area contributed by atoms with Crippen molar-refractivity contribution >= 4 is 34.1 Å². The van der Waals surface area contributed by atoms with Gasteiger partial charge in [0.25, 0.3) is 0 Å². The average Bonchev–Trinajstić information content (AvgIpc) is 2.76. The molecule has 3 aromatic rings. The van der Waals surface area contributed by atoms with E-state index in [4.69, 9.17) is 16.7 Å². The SMILES string of the molecule is O=C(O)c1cc2ccc(Cl)cc2n2nnnc12. The highest BCUT2D eigenvalue weighted by Gasteiger charge is 2.15. The van der Waals surface area contributed by atoms with Crippen LogP contribution in [0.2, 0.25) is 5.02 Å². The van der Waals surface area contributed by atoms with E-state index in [9.17, 15) is 4.79 Å². The van der Waals surface area contributed by atoms with Gasteiger partial charge in [-0.2, -0.15) is 4.52 Å². The van der Waals surface area contributed by atoms with E-state index < -0.39 is 5.97 Å². The minimum Gasteiger partial charge on any atom is -0.478 e. The van der Waals surface area contributed by atoms with Crippen LogP contribution in [-0.4, -0.2) is 31.1 Å². The molecule has 1 N–H and O–H groups in total. The molecular weight excluding hydrogens is 244 g/mol. The first-order valence-corrected chi connectivity index (χ1v) is 5.08. The molecule has 0 bridgehead atoms. The molecule has 0 spiro atoms. The molecule has 84 valence electrons. The smallest absolute Gasteiger partial charge is 0.339 e. The molecule has 0 aliphatic carbocycles. The van der Waals surface area contributed by atoms with Crippen molar-refractivity contribution in [3.8, 4) is 0 Å². The number of hydrogen-bond acceptors (Lipinski definition) is 4. The maximum Gasteiger partial charge on any atom is 0.339 e. The Morgan fingerprint density at radius 3 is 2.94 bits per heavy atom. The lowest BCUT2D eigenvalue weighted by atomic mass is 10.1. The Morgan fingerprint density at radius 2 is 2.18 bits per heavy atom. The third-order valence-electron chi connectivity index (χ3n) is 2.46. The number of carbonyl (C=O) groups is 1. The number of halogens is 1. The quantitative estimate of drug-likeness (QED) is 0.708. The van der Waals surface area contributed by atoms with Gasteiger partial charge in [0.15, 0.2) is 5.65 Å². The van der Waals surface area contributed by atoms with Crippen LogP contribution in [0.25, 0.3) is 16.6 Å². The van der Waals surface area contributed by atoms with Crippen molar-refractivity contribution in [1.82, 2.24) is 20.0 Å². The molecule has 0 fully saturated rings. The number of hydrogen-bond donors (Lipinski definition) is 1. The van der Waals surface area contributed by atoms with Crippen LogP contribution in [0, 0.1) is 0 Å². The van der Waals surface area contributed by atoms with Crippen LogP contribution >= 0.6 is 11.6 Å². The second kappa shape index (κ2) is 3.39. The highest BCUT2D eigenvalue weighted by atomic mass is 35.5. The van der Waals surface area contributed by atoms with E-state index in [1.807, 2.05) is 0 Å². The maximum absolute atomic E-state index is 11.1. The summed E-state index contributed by atoms with van der Waals surface area (Å²) in [7, 11) is 0. The van der Waals surface area contributed by atoms with Crippen LogP contribution in [0.5, 0.6) is 0 Å². The van der Waals surface area contributed by atoms with E-state index in [0.29, 0.717) is 15.9 Å². The number of carboxylic acid groups (broad SMARTS) is 1. The van der Waals surface area contributed by atoms with Crippen molar-refractivity contribution in [2.45, 2.75) is 0 Å². The molecule has 0 atom stereocenters. The van der Waals surface area contributed by atoms with Crippen LogP contribution in [0.3, 0.4) is 0 Å². The summed E-state index contributed by atoms with van der Waals surface area (Å²) in [5.41, 5.74) is 0.930. The lowest BCUT2D eigenvalue weighted by Gasteiger charge is -2.03. The Hall–Kier alpha value is -2.21. The molecule has 0 unspecified atom stereocenters. The topological polar surface area (TPSA) is 80.4 Å². The summed E-state index contributed by atoms with van der Waals surface area (Å²) >= 11 is 5.89. The Morgan fingerprint density at radius 1 is 1.35 bits per heavy atom. The van der Waals surface area contributed by atoms with Gasteiger partial charge in [-0.3, -0.25) is 0 Å². The van der Waals surface area contributed by atoms with Gasteiger partial charge in [0, 0.05) is 10.4 Å². The number of aromatic carboxylic acids is 1. The summed E-state index contributed by atoms with van der Waals surface area (Å²) in [6.45, 7) is 0. The zero-order chi connectivity index (χ0) is 12.0. The zero-order valence-corrected chi connectivity index (χ0v) is 9.09. The van der Waals surface area contributed by atoms with Gasteiger partial charge in [0.05, 0.1) is 5.52 Å². The number of pyridine rings is 1. The normalized spacial score (nSPS) is 11.1. The molecule has 0 saturated heterocycles. The molecule has 1 aromatic carbocycles. The van der Waals surface area contributed by atoms with Crippen LogP contribution in [-0.2, 0) is 0 Å². The first-order chi connectivity index (χ1) is 8.16. The first-order valence-electron chi connectivity index (χ1n) is 4.70. The van der Waals surface area contributed by atoms with Gasteiger partial charge in [-0.1, -0.05) is 17.7 Å². The van der Waals surface area contributed by atoms with Crippen molar-refractivity contribution in [1.29, 1.82) is 0 Å². The van der Waals surface area contributed by atoms with Crippen LogP contribution < -0.4 is 0 Å². The molecule has 0 aliphatic rings. The summed E-state index contributed by atoms with van der Waals surface area (Å²) in [6, 6.07) is 6.63. The summed E-state index contributed by atoms with van der Waals surface area (Å²) in [5.74, 6) is -1.07. The van der Waals surface area contributed by atoms with Crippen molar-refractivity contribution < 1.29 is 9.90 Å². The number of rotatable bonds is 1. The van der Waals surface area contributed by atoms with E-state index in [-0.39, 0.29) is 11.2 Å². The van der Waals surface area contributed by atoms with E-state index in [1.165, 1.54) is 10.6 Å². The Kier molecular flexibility index (Phi) is 1.99. The molecule has 6 nitrogen and oxygen atoms in total. The van der Waals surface area contributed by atoms with Crippen molar-refractivity contribution in [2.24, 2.45) is 0 Å². The summed E-state index contributed by atoms with van der Waals surface area (Å²) < 4.78 is 1.37. The van der Waals surface area contributed by atoms with E-state index in [2.05, 4.69) is 15.5 Å². The van der Waals surface area contributed by atoms with Gasteiger partial charge < -0.3 is 5.11 Å². The number of carboxylic acids is 1. The predicted molar refractivity (Wildman–Crippen MR) is 60.3 cm³/mol. The van der Waals surface area contributed by atoms with Gasteiger partial charge in [-0.25, -0.2) is 4.79 Å². The number of aromatic nitrogens is 4. The van der Waals surface area contributed by atoms with Crippen LogP contribution in [0.15, 0.2) is 24.3 Å². The summed E-state index contributed by atoms with van der Waals surface area (Å²) in [4.78, 5) is 11.1. The molecule has 7 heteroatoms. The molecule has 0 aliphatic heterocycles. The molecule has 3 rings (SSSR count). The molecule has 17 heavy (non-hydrogen) atoms. The Bertz CT molecular complexity index is 752. The Labute approximate surface area is 99.4 Å². The van der Waals surface area contributed by atoms with Crippen LogP contribution in [0.1, 0.15) is 10.4 Å². The van der Waals surface area contributed by atoms with E-state index in [0.717, 1.165) is 0 Å². The Balaban J connectivity index is 2.55. The average molecular weight is 249 g/mol. The lowest BCUT2D eigenvalue weighted by Crippen LogP contribution is -2.02. The fourth-order valence-corrected chi connectivity index (χ4v) is 1.88. The molecule has 0 amide bonds. The van der Waals surface area contributed by atoms with Gasteiger partial charge in [0.1, 0.15) is 5.56 Å². The minimum absolute atomic E-state index is 0.0600. The zero-order valence-electron chi connectivity index (χ0n) is 8.33. The number of benzene rings is 1. The van der Waals surface area contributed by atoms with Crippen LogP contribution in [0.4, 0.5) is 0 Å². The van der Waals surface area contributed by atoms with Gasteiger partial charge >= 0.3 is 5.97 Å². The highest BCUT2D eigenvalue weighted by molar-refractivity contribution is 6.31. The van der Waals surface area contributed by atoms with Gasteiger partial charge in [0.2, 0.25) is 0 Å².